The van der Waals surface area contributed by atoms with Crippen LogP contribution in [-0.2, 0) is 0 Å². The lowest BCUT2D eigenvalue weighted by Crippen LogP contribution is -2.44. The van der Waals surface area contributed by atoms with Gasteiger partial charge < -0.3 is 0 Å². The van der Waals surface area contributed by atoms with E-state index in [2.05, 4.69) is 13.8 Å². The molecule has 0 aromatic rings. The monoisotopic (exact) mass is 274 g/mol. The molecule has 4 fully saturated rings. The molecule has 4 rings (SSSR count). The van der Waals surface area contributed by atoms with E-state index in [1.165, 1.54) is 0 Å². The fourth-order valence-electron chi connectivity index (χ4n) is 7.36. The molecule has 114 valence electrons. The highest BCUT2D eigenvalue weighted by atomic mass is 14.6. The Balaban J connectivity index is 1.52. The predicted octanol–water partition coefficient (Wildman–Crippen LogP) is 5.91. The minimum Gasteiger partial charge on any atom is -0.0625 e. The highest BCUT2D eigenvalue weighted by Gasteiger charge is 2.51. The van der Waals surface area contributed by atoms with E-state index in [0.29, 0.717) is 0 Å². The van der Waals surface area contributed by atoms with Crippen molar-refractivity contribution in [3.63, 3.8) is 0 Å². The topological polar surface area (TPSA) is 0 Å². The third-order valence-electron chi connectivity index (χ3n) is 8.11. The lowest BCUT2D eigenvalue weighted by molar-refractivity contribution is -0.0272. The summed E-state index contributed by atoms with van der Waals surface area (Å²) in [5.74, 6) is 8.88. The molecule has 20 heavy (non-hydrogen) atoms. The molecule has 5 unspecified atom stereocenters. The smallest absolute Gasteiger partial charge is 0.0352 e. The van der Waals surface area contributed by atoms with E-state index in [-0.39, 0.29) is 0 Å². The number of rotatable bonds is 1. The highest BCUT2D eigenvalue weighted by molar-refractivity contribution is 5.00. The van der Waals surface area contributed by atoms with Crippen LogP contribution in [0.15, 0.2) is 0 Å². The first-order valence-electron chi connectivity index (χ1n) is 9.75. The zero-order valence-electron chi connectivity index (χ0n) is 13.7. The minimum absolute atomic E-state index is 0.938. The van der Waals surface area contributed by atoms with Crippen LogP contribution in [0.4, 0.5) is 0 Å². The van der Waals surface area contributed by atoms with Crippen molar-refractivity contribution in [3.05, 3.63) is 0 Å². The molecule has 4 aliphatic rings. The maximum absolute atomic E-state index is 2.48. The lowest BCUT2D eigenvalue weighted by atomic mass is 9.53. The normalized spacial score (nSPS) is 51.5. The fraction of sp³-hybridized carbons (Fsp3) is 1.00. The van der Waals surface area contributed by atoms with Crippen LogP contribution in [0.5, 0.6) is 0 Å². The van der Waals surface area contributed by atoms with Gasteiger partial charge in [-0.05, 0) is 92.3 Å². The van der Waals surface area contributed by atoms with Gasteiger partial charge in [0.25, 0.3) is 0 Å². The zero-order valence-corrected chi connectivity index (χ0v) is 13.7. The summed E-state index contributed by atoms with van der Waals surface area (Å²) in [5, 5.41) is 0. The molecule has 0 aliphatic heterocycles. The molecular formula is C20H34. The Morgan fingerprint density at radius 1 is 0.550 bits per heavy atom. The lowest BCUT2D eigenvalue weighted by Gasteiger charge is -2.52. The van der Waals surface area contributed by atoms with E-state index < -0.39 is 0 Å². The largest absolute Gasteiger partial charge is 0.0625 e. The Labute approximate surface area is 126 Å². The van der Waals surface area contributed by atoms with Gasteiger partial charge in [-0.1, -0.05) is 33.1 Å². The quantitative estimate of drug-likeness (QED) is 0.557. The van der Waals surface area contributed by atoms with Gasteiger partial charge in [0.2, 0.25) is 0 Å². The Morgan fingerprint density at radius 2 is 1.15 bits per heavy atom. The van der Waals surface area contributed by atoms with Gasteiger partial charge in [-0.2, -0.15) is 0 Å². The van der Waals surface area contributed by atoms with Crippen molar-refractivity contribution in [1.82, 2.24) is 0 Å². The fourth-order valence-corrected chi connectivity index (χ4v) is 7.36. The molecule has 0 nitrogen and oxygen atoms in total. The van der Waals surface area contributed by atoms with Crippen molar-refractivity contribution in [2.75, 3.05) is 0 Å². The number of hydrogen-bond donors (Lipinski definition) is 0. The molecule has 0 spiro atoms. The number of fused-ring (bicyclic) bond motifs is 5. The minimum atomic E-state index is 0.938. The summed E-state index contributed by atoms with van der Waals surface area (Å²) < 4.78 is 0. The maximum Gasteiger partial charge on any atom is -0.0352 e. The van der Waals surface area contributed by atoms with E-state index in [1.54, 1.807) is 64.2 Å². The average Bonchev–Trinajstić information content (AvgIpc) is 2.91. The molecular weight excluding hydrogens is 240 g/mol. The van der Waals surface area contributed by atoms with Crippen LogP contribution in [0.25, 0.3) is 0 Å². The molecule has 4 saturated carbocycles. The third kappa shape index (κ3) is 2.08. The van der Waals surface area contributed by atoms with Crippen LogP contribution in [0.2, 0.25) is 0 Å². The van der Waals surface area contributed by atoms with Gasteiger partial charge in [0.15, 0.2) is 0 Å². The molecule has 0 aromatic carbocycles. The Kier molecular flexibility index (Phi) is 3.63. The molecule has 0 radical (unpaired) electrons. The van der Waals surface area contributed by atoms with Crippen LogP contribution in [-0.4, -0.2) is 0 Å². The summed E-state index contributed by atoms with van der Waals surface area (Å²) in [7, 11) is 0. The van der Waals surface area contributed by atoms with Crippen molar-refractivity contribution < 1.29 is 0 Å². The van der Waals surface area contributed by atoms with Gasteiger partial charge in [-0.25, -0.2) is 0 Å². The van der Waals surface area contributed by atoms with Gasteiger partial charge >= 0.3 is 0 Å². The SMILES string of the molecule is CC(C)C1CC[C@@H]2C1CC[C@@H]1C3CCCCC3CCC12. The molecule has 0 N–H and O–H groups in total. The summed E-state index contributed by atoms with van der Waals surface area (Å²) in [6, 6.07) is 0. The van der Waals surface area contributed by atoms with E-state index in [9.17, 15) is 0 Å². The van der Waals surface area contributed by atoms with E-state index in [4.69, 9.17) is 0 Å². The van der Waals surface area contributed by atoms with Crippen molar-refractivity contribution in [2.45, 2.75) is 78.1 Å². The first-order chi connectivity index (χ1) is 9.75. The molecule has 0 aromatic heterocycles. The molecule has 4 aliphatic carbocycles. The summed E-state index contributed by atoms with van der Waals surface area (Å²) in [4.78, 5) is 0. The molecule has 0 bridgehead atoms. The predicted molar refractivity (Wildman–Crippen MR) is 85.4 cm³/mol. The van der Waals surface area contributed by atoms with Crippen LogP contribution in [0.3, 0.4) is 0 Å². The van der Waals surface area contributed by atoms with Gasteiger partial charge in [-0.3, -0.25) is 0 Å². The van der Waals surface area contributed by atoms with Gasteiger partial charge in [0, 0.05) is 0 Å². The first kappa shape index (κ1) is 13.6. The third-order valence-corrected chi connectivity index (χ3v) is 8.11. The van der Waals surface area contributed by atoms with Crippen LogP contribution >= 0.6 is 0 Å². The van der Waals surface area contributed by atoms with E-state index in [1.807, 2.05) is 0 Å². The number of hydrogen-bond acceptors (Lipinski definition) is 0. The molecule has 0 amide bonds. The van der Waals surface area contributed by atoms with Gasteiger partial charge in [0.05, 0.1) is 0 Å². The molecule has 0 heterocycles. The second kappa shape index (κ2) is 5.33. The van der Waals surface area contributed by atoms with Crippen molar-refractivity contribution in [2.24, 2.45) is 47.3 Å². The molecule has 0 heteroatoms. The first-order valence-corrected chi connectivity index (χ1v) is 9.75. The second-order valence-corrected chi connectivity index (χ2v) is 9.00. The highest BCUT2D eigenvalue weighted by Crippen LogP contribution is 2.59. The van der Waals surface area contributed by atoms with Crippen LogP contribution in [0.1, 0.15) is 78.1 Å². The Morgan fingerprint density at radius 3 is 2.00 bits per heavy atom. The maximum atomic E-state index is 2.48. The Hall–Kier alpha value is 0. The summed E-state index contributed by atoms with van der Waals surface area (Å²) in [6.07, 6.45) is 15.8. The average molecular weight is 274 g/mol. The molecule has 0 saturated heterocycles. The van der Waals surface area contributed by atoms with Crippen LogP contribution in [0, 0.1) is 47.3 Å². The summed E-state index contributed by atoms with van der Waals surface area (Å²) in [5.41, 5.74) is 0. The van der Waals surface area contributed by atoms with Gasteiger partial charge in [0.1, 0.15) is 0 Å². The second-order valence-electron chi connectivity index (χ2n) is 9.00. The zero-order chi connectivity index (χ0) is 13.7. The molecule has 7 atom stereocenters. The van der Waals surface area contributed by atoms with Crippen molar-refractivity contribution in [3.8, 4) is 0 Å². The van der Waals surface area contributed by atoms with Crippen molar-refractivity contribution in [1.29, 1.82) is 0 Å². The summed E-state index contributed by atoms with van der Waals surface area (Å²) >= 11 is 0. The van der Waals surface area contributed by atoms with Crippen LogP contribution < -0.4 is 0 Å². The van der Waals surface area contributed by atoms with Gasteiger partial charge in [-0.15, -0.1) is 0 Å². The van der Waals surface area contributed by atoms with E-state index >= 15 is 0 Å². The van der Waals surface area contributed by atoms with E-state index in [0.717, 1.165) is 47.3 Å². The Bertz CT molecular complexity index is 344. The standard InChI is InChI=1S/C20H34/c1-13(2)15-9-10-20-17(15)11-12-18-16-6-4-3-5-14(16)7-8-19(18)20/h13-20H,3-12H2,1-2H3/t14?,15?,16?,17?,18-,19?,20-/m1/s1. The van der Waals surface area contributed by atoms with Crippen molar-refractivity contribution >= 4 is 0 Å². The summed E-state index contributed by atoms with van der Waals surface area (Å²) in [6.45, 7) is 4.97.